The van der Waals surface area contributed by atoms with Crippen molar-refractivity contribution in [3.63, 3.8) is 0 Å². The normalized spacial score (nSPS) is 19.2. The maximum Gasteiger partial charge on any atom is 0.105 e. The zero-order valence-electron chi connectivity index (χ0n) is 9.80. The van der Waals surface area contributed by atoms with Crippen LogP contribution in [-0.4, -0.2) is 9.67 Å². The van der Waals surface area contributed by atoms with Crippen LogP contribution in [0.5, 0.6) is 0 Å². The highest BCUT2D eigenvalue weighted by atomic mass is 16.3. The Kier molecular flexibility index (Phi) is 2.77. The van der Waals surface area contributed by atoms with Crippen LogP contribution in [0.4, 0.5) is 0 Å². The van der Waals surface area contributed by atoms with Crippen LogP contribution in [0.1, 0.15) is 36.0 Å². The number of aliphatic hydroxyl groups is 1. The molecule has 1 unspecified atom stereocenters. The Morgan fingerprint density at radius 2 is 2.35 bits per heavy atom. The van der Waals surface area contributed by atoms with Gasteiger partial charge in [0.1, 0.15) is 5.76 Å². The maximum atomic E-state index is 9.90. The molecule has 1 atom stereocenters. The number of hydrogen-bond donors (Lipinski definition) is 1. The monoisotopic (exact) mass is 231 g/mol. The fourth-order valence-corrected chi connectivity index (χ4v) is 2.63. The average Bonchev–Trinajstić information content (AvgIpc) is 2.95. The van der Waals surface area contributed by atoms with Gasteiger partial charge in [-0.05, 0) is 37.5 Å². The van der Waals surface area contributed by atoms with Crippen molar-refractivity contribution in [3.8, 4) is 0 Å². The Bertz CT molecular complexity index is 484. The van der Waals surface area contributed by atoms with Crippen molar-refractivity contribution in [3.05, 3.63) is 47.7 Å². The number of aliphatic hydroxyl groups excluding tert-OH is 1. The van der Waals surface area contributed by atoms with Crippen LogP contribution in [0.3, 0.4) is 0 Å². The fourth-order valence-electron chi connectivity index (χ4n) is 2.63. The maximum absolute atomic E-state index is 9.90. The summed E-state index contributed by atoms with van der Waals surface area (Å²) in [6, 6.07) is 5.98. The zero-order chi connectivity index (χ0) is 11.7. The molecule has 0 spiro atoms. The molecule has 0 saturated carbocycles. The summed E-state index contributed by atoms with van der Waals surface area (Å²) in [5.74, 6) is 1.02. The summed E-state index contributed by atoms with van der Waals surface area (Å²) < 4.78 is 7.58. The van der Waals surface area contributed by atoms with Crippen LogP contribution in [0.15, 0.2) is 35.1 Å². The zero-order valence-corrected chi connectivity index (χ0v) is 9.80. The van der Waals surface area contributed by atoms with Crippen molar-refractivity contribution in [2.45, 2.75) is 38.3 Å². The summed E-state index contributed by atoms with van der Waals surface area (Å²) >= 11 is 0. The highest BCUT2D eigenvalue weighted by Crippen LogP contribution is 2.30. The molecule has 0 bridgehead atoms. The number of hydrogen-bond acceptors (Lipinski definition) is 2. The predicted octanol–water partition coefficient (Wildman–Crippen LogP) is 2.69. The van der Waals surface area contributed by atoms with E-state index >= 15 is 0 Å². The van der Waals surface area contributed by atoms with E-state index in [1.165, 1.54) is 5.69 Å². The second-order valence-corrected chi connectivity index (χ2v) is 4.65. The van der Waals surface area contributed by atoms with Gasteiger partial charge < -0.3 is 14.1 Å². The van der Waals surface area contributed by atoms with Crippen molar-refractivity contribution in [2.24, 2.45) is 0 Å². The minimum absolute atomic E-state index is 0.261. The van der Waals surface area contributed by atoms with E-state index in [1.54, 1.807) is 6.26 Å². The topological polar surface area (TPSA) is 38.3 Å². The predicted molar refractivity (Wildman–Crippen MR) is 64.7 cm³/mol. The molecule has 0 aliphatic heterocycles. The Morgan fingerprint density at radius 1 is 1.41 bits per heavy atom. The summed E-state index contributed by atoms with van der Waals surface area (Å²) in [6.45, 7) is 0.926. The van der Waals surface area contributed by atoms with Gasteiger partial charge in [-0.2, -0.15) is 0 Å². The van der Waals surface area contributed by atoms with Gasteiger partial charge in [-0.3, -0.25) is 0 Å². The third-order valence-corrected chi connectivity index (χ3v) is 3.54. The molecule has 1 aliphatic rings. The molecule has 2 aromatic rings. The molecule has 3 nitrogen and oxygen atoms in total. The highest BCUT2D eigenvalue weighted by Gasteiger charge is 2.20. The molecule has 0 saturated heterocycles. The lowest BCUT2D eigenvalue weighted by Gasteiger charge is -2.20. The summed E-state index contributed by atoms with van der Waals surface area (Å²) in [5.41, 5.74) is 2.42. The molecule has 2 aromatic heterocycles. The second-order valence-electron chi connectivity index (χ2n) is 4.65. The smallest absolute Gasteiger partial charge is 0.105 e. The van der Waals surface area contributed by atoms with Crippen LogP contribution in [0.2, 0.25) is 0 Å². The number of aromatic nitrogens is 1. The molecule has 0 amide bonds. The van der Waals surface area contributed by atoms with E-state index < -0.39 is 0 Å². The molecule has 1 aliphatic carbocycles. The molecule has 2 heterocycles. The Balaban J connectivity index is 1.75. The lowest BCUT2D eigenvalue weighted by Crippen LogP contribution is -2.12. The molecule has 1 N–H and O–H groups in total. The molecule has 0 radical (unpaired) electrons. The van der Waals surface area contributed by atoms with E-state index in [1.807, 2.05) is 12.1 Å². The van der Waals surface area contributed by atoms with Gasteiger partial charge in [-0.25, -0.2) is 0 Å². The van der Waals surface area contributed by atoms with Gasteiger partial charge in [0.05, 0.1) is 12.4 Å². The van der Waals surface area contributed by atoms with E-state index in [0.717, 1.165) is 43.6 Å². The van der Waals surface area contributed by atoms with Crippen molar-refractivity contribution < 1.29 is 9.52 Å². The van der Waals surface area contributed by atoms with Crippen LogP contribution in [0, 0.1) is 0 Å². The van der Waals surface area contributed by atoms with E-state index in [9.17, 15) is 5.11 Å². The van der Waals surface area contributed by atoms with Crippen LogP contribution in [0.25, 0.3) is 0 Å². The first-order valence-electron chi connectivity index (χ1n) is 6.23. The number of fused-ring (bicyclic) bond motifs is 1. The number of aryl methyl sites for hydroxylation is 2. The standard InChI is InChI=1S/C14H17NO2/c16-14-5-1-4-13-12(14)7-9-15(13)8-6-11-3-2-10-17-11/h2-3,7,9-10,14,16H,1,4-6,8H2. The third kappa shape index (κ3) is 2.03. The largest absolute Gasteiger partial charge is 0.469 e. The van der Waals surface area contributed by atoms with E-state index in [2.05, 4.69) is 16.8 Å². The van der Waals surface area contributed by atoms with Crippen molar-refractivity contribution in [1.82, 2.24) is 4.57 Å². The van der Waals surface area contributed by atoms with E-state index in [-0.39, 0.29) is 6.10 Å². The summed E-state index contributed by atoms with van der Waals surface area (Å²) in [6.07, 6.45) is 7.51. The van der Waals surface area contributed by atoms with Crippen LogP contribution in [-0.2, 0) is 19.4 Å². The van der Waals surface area contributed by atoms with Gasteiger partial charge in [-0.15, -0.1) is 0 Å². The molecular weight excluding hydrogens is 214 g/mol. The van der Waals surface area contributed by atoms with Gasteiger partial charge in [0.2, 0.25) is 0 Å². The lowest BCUT2D eigenvalue weighted by atomic mass is 9.95. The van der Waals surface area contributed by atoms with E-state index in [4.69, 9.17) is 4.42 Å². The minimum atomic E-state index is -0.261. The SMILES string of the molecule is OC1CCCc2c1ccn2CCc1ccco1. The second kappa shape index (κ2) is 4.41. The molecule has 0 aromatic carbocycles. The average molecular weight is 231 g/mol. The summed E-state index contributed by atoms with van der Waals surface area (Å²) in [5, 5.41) is 9.90. The Hall–Kier alpha value is -1.48. The number of nitrogens with zero attached hydrogens (tertiary/aromatic N) is 1. The first-order valence-corrected chi connectivity index (χ1v) is 6.23. The number of rotatable bonds is 3. The van der Waals surface area contributed by atoms with Crippen LogP contribution < -0.4 is 0 Å². The Labute approximate surface area is 101 Å². The Morgan fingerprint density at radius 3 is 3.18 bits per heavy atom. The molecule has 0 fully saturated rings. The van der Waals surface area contributed by atoms with Crippen molar-refractivity contribution >= 4 is 0 Å². The minimum Gasteiger partial charge on any atom is -0.469 e. The van der Waals surface area contributed by atoms with E-state index in [0.29, 0.717) is 0 Å². The van der Waals surface area contributed by atoms with Gasteiger partial charge in [-0.1, -0.05) is 0 Å². The summed E-state index contributed by atoms with van der Waals surface area (Å²) in [7, 11) is 0. The first-order chi connectivity index (χ1) is 8.34. The first kappa shape index (κ1) is 10.7. The molecule has 3 rings (SSSR count). The van der Waals surface area contributed by atoms with Gasteiger partial charge in [0.15, 0.2) is 0 Å². The third-order valence-electron chi connectivity index (χ3n) is 3.54. The van der Waals surface area contributed by atoms with Crippen LogP contribution >= 0.6 is 0 Å². The van der Waals surface area contributed by atoms with Crippen molar-refractivity contribution in [2.75, 3.05) is 0 Å². The number of furan rings is 1. The molecular formula is C14H17NO2. The molecule has 90 valence electrons. The highest BCUT2D eigenvalue weighted by molar-refractivity contribution is 5.27. The quantitative estimate of drug-likeness (QED) is 0.882. The summed E-state index contributed by atoms with van der Waals surface area (Å²) in [4.78, 5) is 0. The van der Waals surface area contributed by atoms with Gasteiger partial charge >= 0.3 is 0 Å². The fraction of sp³-hybridized carbons (Fsp3) is 0.429. The molecule has 3 heteroatoms. The van der Waals surface area contributed by atoms with Crippen molar-refractivity contribution in [1.29, 1.82) is 0 Å². The van der Waals surface area contributed by atoms with Gasteiger partial charge in [0.25, 0.3) is 0 Å². The van der Waals surface area contributed by atoms with Gasteiger partial charge in [0, 0.05) is 30.4 Å². The molecule has 17 heavy (non-hydrogen) atoms. The lowest BCUT2D eigenvalue weighted by molar-refractivity contribution is 0.155.